The Hall–Kier alpha value is -2.04. The van der Waals surface area contributed by atoms with Crippen LogP contribution in [0.25, 0.3) is 10.9 Å². The standard InChI is InChI=1S/C15H9Cl2FN2O/c16-9-2-4-12(11(17)6-9)20-15(21)14-5-8-1-3-10(18)7-13(8)19-14/h1-7,19H,(H,20,21). The predicted octanol–water partition coefficient (Wildman–Crippen LogP) is 4.87. The van der Waals surface area contributed by atoms with Gasteiger partial charge in [-0.1, -0.05) is 23.2 Å². The van der Waals surface area contributed by atoms with Crippen molar-refractivity contribution in [1.29, 1.82) is 0 Å². The topological polar surface area (TPSA) is 44.9 Å². The summed E-state index contributed by atoms with van der Waals surface area (Å²) in [6, 6.07) is 10.7. The van der Waals surface area contributed by atoms with Crippen LogP contribution in [0.1, 0.15) is 10.5 Å². The summed E-state index contributed by atoms with van der Waals surface area (Å²) in [6.45, 7) is 0. The van der Waals surface area contributed by atoms with Crippen molar-refractivity contribution in [3.63, 3.8) is 0 Å². The number of aromatic amines is 1. The number of anilines is 1. The van der Waals surface area contributed by atoms with Crippen LogP contribution < -0.4 is 5.32 Å². The van der Waals surface area contributed by atoms with E-state index in [9.17, 15) is 9.18 Å². The monoisotopic (exact) mass is 322 g/mol. The van der Waals surface area contributed by atoms with Crippen LogP contribution in [0.4, 0.5) is 10.1 Å². The van der Waals surface area contributed by atoms with Gasteiger partial charge < -0.3 is 10.3 Å². The third-order valence-electron chi connectivity index (χ3n) is 3.01. The van der Waals surface area contributed by atoms with E-state index in [4.69, 9.17) is 23.2 Å². The average molecular weight is 323 g/mol. The second-order valence-corrected chi connectivity index (χ2v) is 5.34. The zero-order valence-corrected chi connectivity index (χ0v) is 12.1. The van der Waals surface area contributed by atoms with Crippen molar-refractivity contribution in [1.82, 2.24) is 4.98 Å². The van der Waals surface area contributed by atoms with Crippen LogP contribution in [0, 0.1) is 5.82 Å². The SMILES string of the molecule is O=C(Nc1ccc(Cl)cc1Cl)c1cc2ccc(F)cc2[nH]1. The molecule has 3 rings (SSSR count). The molecule has 1 heterocycles. The minimum atomic E-state index is -0.365. The number of amides is 1. The van der Waals surface area contributed by atoms with Crippen molar-refractivity contribution in [2.45, 2.75) is 0 Å². The first-order valence-electron chi connectivity index (χ1n) is 6.07. The number of hydrogen-bond acceptors (Lipinski definition) is 1. The first-order valence-corrected chi connectivity index (χ1v) is 6.83. The highest BCUT2D eigenvalue weighted by molar-refractivity contribution is 6.36. The quantitative estimate of drug-likeness (QED) is 0.694. The molecule has 0 saturated carbocycles. The van der Waals surface area contributed by atoms with Crippen LogP contribution in [0.3, 0.4) is 0 Å². The molecule has 3 aromatic rings. The molecule has 0 spiro atoms. The first kappa shape index (κ1) is 13.9. The molecule has 1 amide bonds. The van der Waals surface area contributed by atoms with E-state index in [1.54, 1.807) is 30.3 Å². The number of carbonyl (C=O) groups excluding carboxylic acids is 1. The number of carbonyl (C=O) groups is 1. The summed E-state index contributed by atoms with van der Waals surface area (Å²) in [7, 11) is 0. The minimum Gasteiger partial charge on any atom is -0.350 e. The minimum absolute atomic E-state index is 0.321. The van der Waals surface area contributed by atoms with E-state index in [0.717, 1.165) is 5.39 Å². The molecule has 0 aliphatic rings. The Morgan fingerprint density at radius 3 is 2.67 bits per heavy atom. The molecule has 0 aliphatic carbocycles. The highest BCUT2D eigenvalue weighted by Gasteiger charge is 2.12. The van der Waals surface area contributed by atoms with Crippen molar-refractivity contribution < 1.29 is 9.18 Å². The lowest BCUT2D eigenvalue weighted by Gasteiger charge is -2.06. The van der Waals surface area contributed by atoms with Gasteiger partial charge in [-0.2, -0.15) is 0 Å². The fourth-order valence-corrected chi connectivity index (χ4v) is 2.46. The molecular formula is C15H9Cl2FN2O. The maximum atomic E-state index is 13.1. The summed E-state index contributed by atoms with van der Waals surface area (Å²) in [5.74, 6) is -0.729. The number of nitrogens with one attached hydrogen (secondary N) is 2. The van der Waals surface area contributed by atoms with Gasteiger partial charge >= 0.3 is 0 Å². The van der Waals surface area contributed by atoms with Crippen LogP contribution in [0.2, 0.25) is 10.0 Å². The van der Waals surface area contributed by atoms with E-state index in [-0.39, 0.29) is 11.7 Å². The third kappa shape index (κ3) is 2.86. The summed E-state index contributed by atoms with van der Waals surface area (Å²) in [4.78, 5) is 15.0. The second kappa shape index (κ2) is 5.39. The summed E-state index contributed by atoms with van der Waals surface area (Å²) in [5.41, 5.74) is 1.33. The summed E-state index contributed by atoms with van der Waals surface area (Å²) in [5, 5.41) is 4.26. The Bertz CT molecular complexity index is 845. The van der Waals surface area contributed by atoms with Crippen molar-refractivity contribution in [2.24, 2.45) is 0 Å². The van der Waals surface area contributed by atoms with Crippen LogP contribution in [-0.4, -0.2) is 10.9 Å². The largest absolute Gasteiger partial charge is 0.350 e. The van der Waals surface area contributed by atoms with Gasteiger partial charge in [-0.05, 0) is 42.5 Å². The van der Waals surface area contributed by atoms with Crippen molar-refractivity contribution >= 4 is 45.7 Å². The highest BCUT2D eigenvalue weighted by Crippen LogP contribution is 2.26. The number of rotatable bonds is 2. The molecule has 106 valence electrons. The molecule has 0 saturated heterocycles. The van der Waals surface area contributed by atoms with Gasteiger partial charge in [0, 0.05) is 15.9 Å². The van der Waals surface area contributed by atoms with Gasteiger partial charge in [0.1, 0.15) is 11.5 Å². The van der Waals surface area contributed by atoms with E-state index in [2.05, 4.69) is 10.3 Å². The molecule has 3 nitrogen and oxygen atoms in total. The molecule has 0 unspecified atom stereocenters. The molecule has 6 heteroatoms. The van der Waals surface area contributed by atoms with Crippen molar-refractivity contribution in [3.05, 3.63) is 64.0 Å². The summed E-state index contributed by atoms with van der Waals surface area (Å²) in [6.07, 6.45) is 0. The molecule has 2 aromatic carbocycles. The zero-order chi connectivity index (χ0) is 15.0. The fraction of sp³-hybridized carbons (Fsp3) is 0. The Morgan fingerprint density at radius 1 is 1.10 bits per heavy atom. The molecule has 2 N–H and O–H groups in total. The second-order valence-electron chi connectivity index (χ2n) is 4.49. The lowest BCUT2D eigenvalue weighted by atomic mass is 10.2. The van der Waals surface area contributed by atoms with Gasteiger partial charge in [0.15, 0.2) is 0 Å². The van der Waals surface area contributed by atoms with Gasteiger partial charge in [-0.3, -0.25) is 4.79 Å². The first-order chi connectivity index (χ1) is 10.0. The Kier molecular flexibility index (Phi) is 3.57. The number of halogens is 3. The van der Waals surface area contributed by atoms with Crippen molar-refractivity contribution in [2.75, 3.05) is 5.32 Å². The normalized spacial score (nSPS) is 10.8. The molecule has 0 aliphatic heterocycles. The Morgan fingerprint density at radius 2 is 1.90 bits per heavy atom. The molecule has 0 fully saturated rings. The van der Waals surface area contributed by atoms with Crippen LogP contribution in [-0.2, 0) is 0 Å². The predicted molar refractivity (Wildman–Crippen MR) is 82.7 cm³/mol. The zero-order valence-electron chi connectivity index (χ0n) is 10.6. The van der Waals surface area contributed by atoms with Gasteiger partial charge in [0.05, 0.1) is 10.7 Å². The third-order valence-corrected chi connectivity index (χ3v) is 3.56. The van der Waals surface area contributed by atoms with E-state index in [1.807, 2.05) is 0 Å². The Labute approximate surface area is 129 Å². The molecule has 21 heavy (non-hydrogen) atoms. The van der Waals surface area contributed by atoms with Gasteiger partial charge in [0.2, 0.25) is 0 Å². The lowest BCUT2D eigenvalue weighted by Crippen LogP contribution is -2.12. The van der Waals surface area contributed by atoms with E-state index in [0.29, 0.717) is 26.9 Å². The maximum absolute atomic E-state index is 13.1. The number of fused-ring (bicyclic) bond motifs is 1. The van der Waals surface area contributed by atoms with Crippen molar-refractivity contribution in [3.8, 4) is 0 Å². The fourth-order valence-electron chi connectivity index (χ4n) is 2.00. The van der Waals surface area contributed by atoms with Gasteiger partial charge in [-0.15, -0.1) is 0 Å². The molecule has 1 aromatic heterocycles. The maximum Gasteiger partial charge on any atom is 0.272 e. The Balaban J connectivity index is 1.89. The van der Waals surface area contributed by atoms with Gasteiger partial charge in [-0.25, -0.2) is 4.39 Å². The number of aromatic nitrogens is 1. The van der Waals surface area contributed by atoms with Gasteiger partial charge in [0.25, 0.3) is 5.91 Å². The molecular weight excluding hydrogens is 314 g/mol. The van der Waals surface area contributed by atoms with Crippen LogP contribution in [0.5, 0.6) is 0 Å². The van der Waals surface area contributed by atoms with E-state index in [1.165, 1.54) is 12.1 Å². The van der Waals surface area contributed by atoms with Crippen LogP contribution >= 0.6 is 23.2 Å². The molecule has 0 atom stereocenters. The van der Waals surface area contributed by atoms with Crippen LogP contribution in [0.15, 0.2) is 42.5 Å². The number of benzene rings is 2. The van der Waals surface area contributed by atoms with E-state index >= 15 is 0 Å². The smallest absolute Gasteiger partial charge is 0.272 e. The molecule has 0 radical (unpaired) electrons. The van der Waals surface area contributed by atoms with E-state index < -0.39 is 0 Å². The number of hydrogen-bond donors (Lipinski definition) is 2. The summed E-state index contributed by atoms with van der Waals surface area (Å²) < 4.78 is 13.1. The average Bonchev–Trinajstić information content (AvgIpc) is 2.85. The highest BCUT2D eigenvalue weighted by atomic mass is 35.5. The number of H-pyrrole nitrogens is 1. The molecule has 0 bridgehead atoms. The summed E-state index contributed by atoms with van der Waals surface area (Å²) >= 11 is 11.8. The lowest BCUT2D eigenvalue weighted by molar-refractivity contribution is 0.102.